The Bertz CT molecular complexity index is 913. The highest BCUT2D eigenvalue weighted by atomic mass is 35.5. The third kappa shape index (κ3) is 4.69. The van der Waals surface area contributed by atoms with Crippen molar-refractivity contribution in [3.8, 4) is 0 Å². The van der Waals surface area contributed by atoms with Crippen LogP contribution in [0.25, 0.3) is 0 Å². The Morgan fingerprint density at radius 2 is 1.77 bits per heavy atom. The molecule has 1 amide bonds. The zero-order valence-electron chi connectivity index (χ0n) is 18.3. The maximum atomic E-state index is 12.9. The Morgan fingerprint density at radius 1 is 1.17 bits per heavy atom. The summed E-state index contributed by atoms with van der Waals surface area (Å²) < 4.78 is 7.10. The van der Waals surface area contributed by atoms with Crippen LogP contribution in [-0.2, 0) is 16.1 Å². The second-order valence-corrected chi connectivity index (χ2v) is 8.67. The number of aryl methyl sites for hydroxylation is 2. The first-order valence-corrected chi connectivity index (χ1v) is 10.9. The van der Waals surface area contributed by atoms with Crippen molar-refractivity contribution in [1.29, 1.82) is 0 Å². The summed E-state index contributed by atoms with van der Waals surface area (Å²) in [5, 5.41) is 4.62. The third-order valence-corrected chi connectivity index (χ3v) is 6.19. The van der Waals surface area contributed by atoms with Gasteiger partial charge in [0.05, 0.1) is 12.2 Å². The van der Waals surface area contributed by atoms with Crippen LogP contribution in [0.4, 0.5) is 0 Å². The predicted octanol–water partition coefficient (Wildman–Crippen LogP) is 4.54. The van der Waals surface area contributed by atoms with Crippen molar-refractivity contribution >= 4 is 23.5 Å². The predicted molar refractivity (Wildman–Crippen MR) is 117 cm³/mol. The molecule has 0 bridgehead atoms. The van der Waals surface area contributed by atoms with Crippen LogP contribution >= 0.6 is 11.6 Å². The van der Waals surface area contributed by atoms with Crippen LogP contribution in [-0.4, -0.2) is 44.7 Å². The minimum Gasteiger partial charge on any atom is -0.449 e. The number of amides is 1. The van der Waals surface area contributed by atoms with Crippen LogP contribution in [0.1, 0.15) is 67.2 Å². The molecule has 2 aromatic rings. The third-order valence-electron chi connectivity index (χ3n) is 5.80. The average Bonchev–Trinajstić information content (AvgIpc) is 2.96. The molecule has 0 aliphatic carbocycles. The zero-order chi connectivity index (χ0) is 22.0. The Hall–Kier alpha value is -2.34. The average molecular weight is 432 g/mol. The van der Waals surface area contributed by atoms with Crippen molar-refractivity contribution in [2.24, 2.45) is 0 Å². The Kier molecular flexibility index (Phi) is 6.86. The number of likely N-dealkylation sites (tertiary alicyclic amines) is 1. The van der Waals surface area contributed by atoms with Crippen LogP contribution in [0.15, 0.2) is 24.3 Å². The van der Waals surface area contributed by atoms with E-state index in [9.17, 15) is 9.59 Å². The molecule has 30 heavy (non-hydrogen) atoms. The molecule has 1 aromatic heterocycles. The summed E-state index contributed by atoms with van der Waals surface area (Å²) in [7, 11) is 0. The zero-order valence-corrected chi connectivity index (χ0v) is 19.1. The molecule has 1 aliphatic heterocycles. The normalized spacial score (nSPS) is 20.1. The van der Waals surface area contributed by atoms with Gasteiger partial charge in [0.1, 0.15) is 10.7 Å². The van der Waals surface area contributed by atoms with Crippen molar-refractivity contribution in [1.82, 2.24) is 14.7 Å². The van der Waals surface area contributed by atoms with Crippen LogP contribution in [0, 0.1) is 13.8 Å². The van der Waals surface area contributed by atoms with Gasteiger partial charge in [-0.05, 0) is 59.4 Å². The minimum atomic E-state index is -0.878. The molecule has 0 saturated carbocycles. The number of nitrogens with zero attached hydrogens (tertiary/aromatic N) is 3. The summed E-state index contributed by atoms with van der Waals surface area (Å²) in [6.45, 7) is 9.89. The topological polar surface area (TPSA) is 64.4 Å². The number of esters is 1. The summed E-state index contributed by atoms with van der Waals surface area (Å²) >= 11 is 6.47. The Labute approximate surface area is 183 Å². The van der Waals surface area contributed by atoms with E-state index < -0.39 is 12.1 Å². The summed E-state index contributed by atoms with van der Waals surface area (Å²) in [6.07, 6.45) is 2.16. The van der Waals surface area contributed by atoms with Gasteiger partial charge in [0, 0.05) is 12.1 Å². The van der Waals surface area contributed by atoms with Gasteiger partial charge in [-0.15, -0.1) is 0 Å². The number of rotatable bonds is 5. The molecule has 1 saturated heterocycles. The highest BCUT2D eigenvalue weighted by Crippen LogP contribution is 2.26. The molecule has 3 rings (SSSR count). The van der Waals surface area contributed by atoms with Crippen molar-refractivity contribution in [2.75, 3.05) is 0 Å². The molecule has 0 radical (unpaired) electrons. The standard InChI is InChI=1S/C23H30ClN3O3/c1-14-9-11-19(12-10-14)13-26-21(24)20(17(4)25-26)23(29)30-18(5)22(28)27-15(2)7-6-8-16(27)3/h9-12,15-16,18H,6-8,13H2,1-5H3/t15-,16-,18-/m0/s1. The van der Waals surface area contributed by atoms with Gasteiger partial charge in [-0.25, -0.2) is 9.48 Å². The van der Waals surface area contributed by atoms with Crippen LogP contribution in [0.3, 0.4) is 0 Å². The number of piperidine rings is 1. The van der Waals surface area contributed by atoms with Gasteiger partial charge in [-0.1, -0.05) is 41.4 Å². The van der Waals surface area contributed by atoms with Gasteiger partial charge >= 0.3 is 5.97 Å². The maximum absolute atomic E-state index is 12.9. The summed E-state index contributed by atoms with van der Waals surface area (Å²) in [4.78, 5) is 27.6. The molecule has 162 valence electrons. The second kappa shape index (κ2) is 9.21. The largest absolute Gasteiger partial charge is 0.449 e. The van der Waals surface area contributed by atoms with Gasteiger partial charge in [-0.2, -0.15) is 5.10 Å². The number of hydrogen-bond donors (Lipinski definition) is 0. The number of aromatic nitrogens is 2. The Balaban J connectivity index is 1.72. The lowest BCUT2D eigenvalue weighted by Gasteiger charge is -2.40. The molecule has 0 unspecified atom stereocenters. The van der Waals surface area contributed by atoms with Crippen LogP contribution in [0.5, 0.6) is 0 Å². The summed E-state index contributed by atoms with van der Waals surface area (Å²) in [5.41, 5.74) is 2.89. The lowest BCUT2D eigenvalue weighted by Crippen LogP contribution is -2.51. The number of hydrogen-bond acceptors (Lipinski definition) is 4. The quantitative estimate of drug-likeness (QED) is 0.652. The molecule has 3 atom stereocenters. The van der Waals surface area contributed by atoms with E-state index >= 15 is 0 Å². The van der Waals surface area contributed by atoms with Crippen molar-refractivity contribution in [2.45, 2.75) is 78.6 Å². The van der Waals surface area contributed by atoms with E-state index in [2.05, 4.69) is 5.10 Å². The van der Waals surface area contributed by atoms with E-state index in [1.54, 1.807) is 18.5 Å². The molecule has 1 aliphatic rings. The van der Waals surface area contributed by atoms with Crippen molar-refractivity contribution < 1.29 is 14.3 Å². The highest BCUT2D eigenvalue weighted by molar-refractivity contribution is 6.32. The molecule has 7 heteroatoms. The monoisotopic (exact) mass is 431 g/mol. The lowest BCUT2D eigenvalue weighted by atomic mass is 9.97. The van der Waals surface area contributed by atoms with Gasteiger partial charge < -0.3 is 9.64 Å². The van der Waals surface area contributed by atoms with Crippen molar-refractivity contribution in [3.05, 3.63) is 51.8 Å². The van der Waals surface area contributed by atoms with E-state index in [0.29, 0.717) is 12.2 Å². The summed E-state index contributed by atoms with van der Waals surface area (Å²) in [6, 6.07) is 8.33. The van der Waals surface area contributed by atoms with E-state index in [0.717, 1.165) is 24.8 Å². The number of halogens is 1. The number of carbonyl (C=O) groups is 2. The molecule has 0 spiro atoms. The van der Waals surface area contributed by atoms with E-state index in [1.807, 2.05) is 49.9 Å². The smallest absolute Gasteiger partial charge is 0.343 e. The molecule has 0 N–H and O–H groups in total. The van der Waals surface area contributed by atoms with Gasteiger partial charge in [0.2, 0.25) is 0 Å². The first kappa shape index (κ1) is 22.3. The van der Waals surface area contributed by atoms with Gasteiger partial charge in [0.25, 0.3) is 5.91 Å². The first-order valence-electron chi connectivity index (χ1n) is 10.5. The van der Waals surface area contributed by atoms with Gasteiger partial charge in [0.15, 0.2) is 6.10 Å². The number of ether oxygens (including phenoxy) is 1. The first-order chi connectivity index (χ1) is 14.2. The minimum absolute atomic E-state index is 0.144. The lowest BCUT2D eigenvalue weighted by molar-refractivity contribution is -0.146. The van der Waals surface area contributed by atoms with Crippen molar-refractivity contribution in [3.63, 3.8) is 0 Å². The molecular weight excluding hydrogens is 402 g/mol. The Morgan fingerprint density at radius 3 is 2.37 bits per heavy atom. The molecule has 2 heterocycles. The van der Waals surface area contributed by atoms with E-state index in [1.165, 1.54) is 5.56 Å². The van der Waals surface area contributed by atoms with Crippen LogP contribution < -0.4 is 0 Å². The second-order valence-electron chi connectivity index (χ2n) is 8.32. The fraction of sp³-hybridized carbons (Fsp3) is 0.522. The molecule has 1 fully saturated rings. The fourth-order valence-corrected chi connectivity index (χ4v) is 4.40. The molecule has 6 nitrogen and oxygen atoms in total. The molecule has 1 aromatic carbocycles. The fourth-order valence-electron chi connectivity index (χ4n) is 4.09. The summed E-state index contributed by atoms with van der Waals surface area (Å²) in [5.74, 6) is -0.783. The number of carbonyl (C=O) groups excluding carboxylic acids is 2. The number of benzene rings is 1. The molecular formula is C23H30ClN3O3. The van der Waals surface area contributed by atoms with E-state index in [4.69, 9.17) is 16.3 Å². The maximum Gasteiger partial charge on any atom is 0.343 e. The SMILES string of the molecule is Cc1ccc(Cn2nc(C)c(C(=O)O[C@@H](C)C(=O)N3[C@@H](C)CCC[C@@H]3C)c2Cl)cc1. The van der Waals surface area contributed by atoms with E-state index in [-0.39, 0.29) is 28.7 Å². The highest BCUT2D eigenvalue weighted by Gasteiger charge is 2.34. The van der Waals surface area contributed by atoms with Gasteiger partial charge in [-0.3, -0.25) is 4.79 Å². The van der Waals surface area contributed by atoms with Crippen LogP contribution in [0.2, 0.25) is 5.15 Å².